The molecule has 0 saturated carbocycles. The molecule has 0 atom stereocenters. The largest absolute Gasteiger partial charge is 0.465 e. The third-order valence-electron chi connectivity index (χ3n) is 7.23. The van der Waals surface area contributed by atoms with Gasteiger partial charge in [-0.1, -0.05) is 20.1 Å². The maximum atomic E-state index is 12.7. The molecule has 2 heterocycles. The van der Waals surface area contributed by atoms with Gasteiger partial charge in [-0.3, -0.25) is 9.59 Å². The Balaban J connectivity index is 1.97. The van der Waals surface area contributed by atoms with E-state index in [1.165, 1.54) is 0 Å². The summed E-state index contributed by atoms with van der Waals surface area (Å²) >= 11 is 0. The Morgan fingerprint density at radius 1 is 0.650 bits per heavy atom. The molecule has 2 aliphatic rings. The number of hydrogen-bond donors (Lipinski definition) is 0. The highest BCUT2D eigenvalue weighted by Crippen LogP contribution is 2.22. The van der Waals surface area contributed by atoms with E-state index in [9.17, 15) is 19.2 Å². The van der Waals surface area contributed by atoms with Crippen LogP contribution in [0.15, 0.2) is 25.3 Å². The maximum absolute atomic E-state index is 12.7. The molecule has 12 nitrogen and oxygen atoms in total. The van der Waals surface area contributed by atoms with Crippen LogP contribution in [0.5, 0.6) is 0 Å². The number of esters is 4. The van der Waals surface area contributed by atoms with Gasteiger partial charge in [-0.05, 0) is 13.6 Å². The van der Waals surface area contributed by atoms with Crippen LogP contribution in [0.4, 0.5) is 0 Å². The predicted molar refractivity (Wildman–Crippen MR) is 148 cm³/mol. The molecule has 226 valence electrons. The van der Waals surface area contributed by atoms with Gasteiger partial charge < -0.3 is 38.5 Å². The van der Waals surface area contributed by atoms with Crippen LogP contribution in [0.3, 0.4) is 0 Å². The zero-order chi connectivity index (χ0) is 29.4. The first kappa shape index (κ1) is 33.4. The molecule has 12 heteroatoms. The van der Waals surface area contributed by atoms with Crippen LogP contribution in [0.25, 0.3) is 0 Å². The molecular formula is C28H46N4O8. The zero-order valence-electron chi connectivity index (χ0n) is 24.1. The molecule has 2 rings (SSSR count). The van der Waals surface area contributed by atoms with Crippen molar-refractivity contribution >= 4 is 23.9 Å². The molecule has 0 aliphatic carbocycles. The van der Waals surface area contributed by atoms with Gasteiger partial charge in [0.15, 0.2) is 0 Å². The molecule has 0 bridgehead atoms. The van der Waals surface area contributed by atoms with Gasteiger partial charge in [-0.15, -0.1) is 0 Å². The van der Waals surface area contributed by atoms with Crippen LogP contribution in [0, 0.1) is 5.41 Å². The van der Waals surface area contributed by atoms with Crippen molar-refractivity contribution in [3.05, 3.63) is 25.3 Å². The fourth-order valence-corrected chi connectivity index (χ4v) is 4.33. The predicted octanol–water partition coefficient (Wildman–Crippen LogP) is 0.183. The van der Waals surface area contributed by atoms with Gasteiger partial charge in [-0.2, -0.15) is 0 Å². The summed E-state index contributed by atoms with van der Waals surface area (Å²) in [5.74, 6) is -2.32. The van der Waals surface area contributed by atoms with Crippen LogP contribution < -0.4 is 0 Å². The van der Waals surface area contributed by atoms with Crippen LogP contribution in [0.1, 0.15) is 19.8 Å². The second kappa shape index (κ2) is 17.8. The highest BCUT2D eigenvalue weighted by Gasteiger charge is 2.38. The SMILES string of the molecule is C=CC(=O)OCC(COC(=O)C=C)(COC(=O)CCN1CCN(C)CC1)COC(=O)CCN1CCN(CC)CC1. The Bertz CT molecular complexity index is 827. The molecule has 0 aromatic heterocycles. The fraction of sp³-hybridized carbons (Fsp3) is 0.714. The Labute approximate surface area is 237 Å². The van der Waals surface area contributed by atoms with E-state index in [0.717, 1.165) is 71.1 Å². The van der Waals surface area contributed by atoms with E-state index in [1.807, 2.05) is 0 Å². The van der Waals surface area contributed by atoms with Gasteiger partial charge in [0.25, 0.3) is 0 Å². The van der Waals surface area contributed by atoms with Crippen molar-refractivity contribution in [2.75, 3.05) is 105 Å². The highest BCUT2D eigenvalue weighted by atomic mass is 16.6. The molecule has 0 spiro atoms. The number of likely N-dealkylation sites (N-methyl/N-ethyl adjacent to an activating group) is 2. The Hall–Kier alpha value is -2.80. The Morgan fingerprint density at radius 2 is 1.02 bits per heavy atom. The molecule has 0 aromatic rings. The van der Waals surface area contributed by atoms with Crippen LogP contribution in [-0.2, 0) is 38.1 Å². The first-order chi connectivity index (χ1) is 19.2. The summed E-state index contributed by atoms with van der Waals surface area (Å²) in [5.41, 5.74) is -1.30. The van der Waals surface area contributed by atoms with Gasteiger partial charge in [0, 0.05) is 77.6 Å². The Kier molecular flexibility index (Phi) is 14.9. The molecular weight excluding hydrogens is 520 g/mol. The molecule has 0 amide bonds. The van der Waals surface area contributed by atoms with E-state index in [2.05, 4.69) is 46.7 Å². The minimum Gasteiger partial charge on any atom is -0.465 e. The van der Waals surface area contributed by atoms with Crippen molar-refractivity contribution in [2.24, 2.45) is 5.41 Å². The van der Waals surface area contributed by atoms with Gasteiger partial charge in [0.05, 0.1) is 12.8 Å². The maximum Gasteiger partial charge on any atom is 0.330 e. The van der Waals surface area contributed by atoms with Crippen molar-refractivity contribution in [3.8, 4) is 0 Å². The van der Waals surface area contributed by atoms with E-state index in [1.54, 1.807) is 0 Å². The average molecular weight is 567 g/mol. The summed E-state index contributed by atoms with van der Waals surface area (Å²) in [6.45, 7) is 17.1. The molecule has 40 heavy (non-hydrogen) atoms. The number of nitrogens with zero attached hydrogens (tertiary/aromatic N) is 4. The second-order valence-corrected chi connectivity index (χ2v) is 10.4. The van der Waals surface area contributed by atoms with Gasteiger partial charge in [0.1, 0.15) is 31.8 Å². The normalized spacial score (nSPS) is 17.6. The fourth-order valence-electron chi connectivity index (χ4n) is 4.33. The summed E-state index contributed by atoms with van der Waals surface area (Å²) in [6, 6.07) is 0. The van der Waals surface area contributed by atoms with Crippen LogP contribution >= 0.6 is 0 Å². The highest BCUT2D eigenvalue weighted by molar-refractivity contribution is 5.81. The van der Waals surface area contributed by atoms with Crippen molar-refractivity contribution in [3.63, 3.8) is 0 Å². The van der Waals surface area contributed by atoms with Crippen molar-refractivity contribution < 1.29 is 38.1 Å². The van der Waals surface area contributed by atoms with Gasteiger partial charge >= 0.3 is 23.9 Å². The van der Waals surface area contributed by atoms with Crippen molar-refractivity contribution in [2.45, 2.75) is 19.8 Å². The summed E-state index contributed by atoms with van der Waals surface area (Å²) in [6.07, 6.45) is 2.33. The van der Waals surface area contributed by atoms with E-state index in [4.69, 9.17) is 18.9 Å². The molecule has 0 N–H and O–H groups in total. The van der Waals surface area contributed by atoms with E-state index < -0.39 is 29.3 Å². The van der Waals surface area contributed by atoms with Crippen LogP contribution in [-0.4, -0.2) is 149 Å². The summed E-state index contributed by atoms with van der Waals surface area (Å²) in [4.78, 5) is 58.0. The number of carbonyl (C=O) groups is 4. The lowest BCUT2D eigenvalue weighted by Crippen LogP contribution is -2.47. The number of piperazine rings is 2. The zero-order valence-corrected chi connectivity index (χ0v) is 24.1. The molecule has 0 radical (unpaired) electrons. The average Bonchev–Trinajstić information content (AvgIpc) is 2.98. The molecule has 2 fully saturated rings. The number of ether oxygens (including phenoxy) is 4. The number of carbonyl (C=O) groups excluding carboxylic acids is 4. The van der Waals surface area contributed by atoms with E-state index >= 15 is 0 Å². The number of hydrogen-bond acceptors (Lipinski definition) is 12. The first-order valence-corrected chi connectivity index (χ1v) is 13.9. The third-order valence-corrected chi connectivity index (χ3v) is 7.23. The minimum absolute atomic E-state index is 0.170. The van der Waals surface area contributed by atoms with E-state index in [0.29, 0.717) is 13.1 Å². The summed E-state index contributed by atoms with van der Waals surface area (Å²) in [5, 5.41) is 0. The monoisotopic (exact) mass is 566 g/mol. The molecule has 2 aliphatic heterocycles. The van der Waals surface area contributed by atoms with Crippen molar-refractivity contribution in [1.29, 1.82) is 0 Å². The third kappa shape index (κ3) is 12.6. The quantitative estimate of drug-likeness (QED) is 0.136. The molecule has 0 aromatic carbocycles. The molecule has 0 unspecified atom stereocenters. The second-order valence-electron chi connectivity index (χ2n) is 10.4. The number of rotatable bonds is 17. The first-order valence-electron chi connectivity index (χ1n) is 13.9. The Morgan fingerprint density at radius 3 is 1.43 bits per heavy atom. The molecule has 2 saturated heterocycles. The lowest BCUT2D eigenvalue weighted by atomic mass is 9.92. The minimum atomic E-state index is -1.30. The van der Waals surface area contributed by atoms with Gasteiger partial charge in [-0.25, -0.2) is 9.59 Å². The summed E-state index contributed by atoms with van der Waals surface area (Å²) < 4.78 is 21.6. The summed E-state index contributed by atoms with van der Waals surface area (Å²) in [7, 11) is 2.06. The van der Waals surface area contributed by atoms with Crippen LogP contribution in [0.2, 0.25) is 0 Å². The lowest BCUT2D eigenvalue weighted by Gasteiger charge is -2.34. The van der Waals surface area contributed by atoms with E-state index in [-0.39, 0.29) is 39.3 Å². The van der Waals surface area contributed by atoms with Gasteiger partial charge in [0.2, 0.25) is 0 Å². The smallest absolute Gasteiger partial charge is 0.330 e. The lowest BCUT2D eigenvalue weighted by molar-refractivity contribution is -0.168. The standard InChI is InChI=1S/C28H46N4O8/c1-5-24(33)37-20-28(21-38-25(34)6-2,22-39-26(35)8-10-31-14-12-29(4)13-15-31)23-40-27(36)9-11-32-18-16-30(7-3)17-19-32/h5-6H,1-2,7-23H2,3-4H3. The topological polar surface area (TPSA) is 118 Å². The van der Waals surface area contributed by atoms with Crippen molar-refractivity contribution in [1.82, 2.24) is 19.6 Å².